The number of anilines is 1. The number of nitrogens with zero attached hydrogens (tertiary/aromatic N) is 1. The first-order valence-electron chi connectivity index (χ1n) is 9.64. The van der Waals surface area contributed by atoms with Gasteiger partial charge in [-0.1, -0.05) is 18.0 Å². The van der Waals surface area contributed by atoms with Gasteiger partial charge in [-0.25, -0.2) is 13.1 Å². The van der Waals surface area contributed by atoms with Gasteiger partial charge in [-0.15, -0.1) is 0 Å². The monoisotopic (exact) mass is 416 g/mol. The van der Waals surface area contributed by atoms with E-state index >= 15 is 0 Å². The van der Waals surface area contributed by atoms with E-state index in [1.807, 2.05) is 0 Å². The molecular weight excluding hydrogens is 392 g/mol. The van der Waals surface area contributed by atoms with Crippen molar-refractivity contribution in [2.75, 3.05) is 12.4 Å². The Morgan fingerprint density at radius 2 is 1.90 bits per heavy atom. The molecule has 0 aliphatic heterocycles. The number of fused-ring (bicyclic) bond motifs is 1. The van der Waals surface area contributed by atoms with E-state index in [2.05, 4.69) is 20.2 Å². The van der Waals surface area contributed by atoms with Gasteiger partial charge >= 0.3 is 0 Å². The topological polar surface area (TPSA) is 117 Å². The highest BCUT2D eigenvalue weighted by Crippen LogP contribution is 2.34. The quantitative estimate of drug-likeness (QED) is 0.588. The van der Waals surface area contributed by atoms with E-state index in [1.165, 1.54) is 0 Å². The van der Waals surface area contributed by atoms with Gasteiger partial charge < -0.3 is 14.8 Å². The fourth-order valence-electron chi connectivity index (χ4n) is 4.05. The van der Waals surface area contributed by atoms with Crippen molar-refractivity contribution in [3.05, 3.63) is 40.0 Å². The molecule has 29 heavy (non-hydrogen) atoms. The third-order valence-electron chi connectivity index (χ3n) is 5.48. The molecule has 1 fully saturated rings. The smallest absolute Gasteiger partial charge is 0.271 e. The van der Waals surface area contributed by atoms with Gasteiger partial charge in [0.25, 0.3) is 5.56 Å². The van der Waals surface area contributed by atoms with Crippen LogP contribution < -0.4 is 15.6 Å². The fraction of sp³-hybridized carbons (Fsp3) is 0.400. The van der Waals surface area contributed by atoms with E-state index < -0.39 is 10.0 Å². The molecule has 1 aromatic carbocycles. The summed E-state index contributed by atoms with van der Waals surface area (Å²) in [4.78, 5) is 15.2. The molecule has 0 bridgehead atoms. The zero-order valence-electron chi connectivity index (χ0n) is 16.6. The van der Waals surface area contributed by atoms with E-state index in [4.69, 9.17) is 4.52 Å². The Morgan fingerprint density at radius 3 is 2.52 bits per heavy atom. The number of H-pyrrole nitrogens is 1. The Hall–Kier alpha value is -2.65. The Kier molecular flexibility index (Phi) is 4.95. The number of hydrogen-bond acceptors (Lipinski definition) is 6. The molecule has 4 rings (SSSR count). The number of nitrogens with one attached hydrogen (secondary N) is 3. The van der Waals surface area contributed by atoms with Crippen molar-refractivity contribution >= 4 is 26.6 Å². The van der Waals surface area contributed by atoms with Crippen LogP contribution in [0, 0.1) is 13.8 Å². The molecule has 9 heteroatoms. The summed E-state index contributed by atoms with van der Waals surface area (Å²) in [5.41, 5.74) is 2.44. The van der Waals surface area contributed by atoms with E-state index in [9.17, 15) is 13.2 Å². The summed E-state index contributed by atoms with van der Waals surface area (Å²) in [7, 11) is -2.17. The number of pyridine rings is 1. The van der Waals surface area contributed by atoms with Crippen LogP contribution >= 0.6 is 0 Å². The summed E-state index contributed by atoms with van der Waals surface area (Å²) in [5.74, 6) is 0.586. The molecule has 2 heterocycles. The van der Waals surface area contributed by atoms with E-state index in [1.54, 1.807) is 39.1 Å². The number of sulfonamides is 1. The summed E-state index contributed by atoms with van der Waals surface area (Å²) in [5, 5.41) is 7.24. The van der Waals surface area contributed by atoms with Crippen LogP contribution in [0.3, 0.4) is 0 Å². The van der Waals surface area contributed by atoms with Crippen LogP contribution in [0.25, 0.3) is 22.0 Å². The number of benzene rings is 1. The number of aromatic amines is 1. The number of rotatable bonds is 5. The second-order valence-corrected chi connectivity index (χ2v) is 9.18. The van der Waals surface area contributed by atoms with Gasteiger partial charge in [0.15, 0.2) is 0 Å². The lowest BCUT2D eigenvalue weighted by Gasteiger charge is -2.16. The molecule has 0 amide bonds. The molecule has 154 valence electrons. The summed E-state index contributed by atoms with van der Waals surface area (Å²) < 4.78 is 34.7. The first-order valence-corrected chi connectivity index (χ1v) is 11.1. The molecule has 0 spiro atoms. The third-order valence-corrected chi connectivity index (χ3v) is 7.04. The molecule has 0 atom stereocenters. The van der Waals surface area contributed by atoms with Crippen LogP contribution in [0.4, 0.5) is 5.69 Å². The lowest BCUT2D eigenvalue weighted by atomic mass is 10.0. The van der Waals surface area contributed by atoms with Crippen molar-refractivity contribution in [3.8, 4) is 11.1 Å². The SMILES string of the molecule is CNc1cc2c(S(=O)(=O)NC3CCCC3)cc(-c3c(C)noc3C)cc2[nH]c1=O. The minimum Gasteiger partial charge on any atom is -0.384 e. The van der Waals surface area contributed by atoms with Crippen molar-refractivity contribution in [2.45, 2.75) is 50.5 Å². The average molecular weight is 417 g/mol. The summed E-state index contributed by atoms with van der Waals surface area (Å²) in [6.07, 6.45) is 3.70. The second kappa shape index (κ2) is 7.31. The first kappa shape index (κ1) is 19.7. The Morgan fingerprint density at radius 1 is 1.17 bits per heavy atom. The van der Waals surface area contributed by atoms with Crippen LogP contribution in [0.5, 0.6) is 0 Å². The van der Waals surface area contributed by atoms with Crippen LogP contribution in [0.2, 0.25) is 0 Å². The molecular formula is C20H24N4O4S. The van der Waals surface area contributed by atoms with Gasteiger partial charge in [0.2, 0.25) is 10.0 Å². The highest BCUT2D eigenvalue weighted by atomic mass is 32.2. The van der Waals surface area contributed by atoms with Crippen LogP contribution in [-0.2, 0) is 10.0 Å². The number of hydrogen-bond donors (Lipinski definition) is 3. The largest absolute Gasteiger partial charge is 0.384 e. The predicted octanol–water partition coefficient (Wildman–Crippen LogP) is 3.06. The Labute approximate surface area is 168 Å². The highest BCUT2D eigenvalue weighted by Gasteiger charge is 2.26. The van der Waals surface area contributed by atoms with Gasteiger partial charge in [0.05, 0.1) is 16.1 Å². The summed E-state index contributed by atoms with van der Waals surface area (Å²) in [6, 6.07) is 4.90. The van der Waals surface area contributed by atoms with Crippen molar-refractivity contribution in [2.24, 2.45) is 0 Å². The van der Waals surface area contributed by atoms with Crippen molar-refractivity contribution < 1.29 is 12.9 Å². The van der Waals surface area contributed by atoms with E-state index in [-0.39, 0.29) is 16.5 Å². The maximum absolute atomic E-state index is 13.3. The Balaban J connectivity index is 1.98. The van der Waals surface area contributed by atoms with Crippen LogP contribution in [0.15, 0.2) is 32.4 Å². The van der Waals surface area contributed by atoms with Crippen LogP contribution in [0.1, 0.15) is 37.1 Å². The standard InChI is InChI=1S/C20H24N4O4S/c1-11-19(12(2)28-23-11)13-8-16-15(10-17(21-3)20(25)22-16)18(9-13)29(26,27)24-14-6-4-5-7-14/h8-10,14,21,24H,4-7H2,1-3H3,(H,22,25). The minimum atomic E-state index is -3.80. The van der Waals surface area contributed by atoms with E-state index in [0.717, 1.165) is 31.2 Å². The predicted molar refractivity (Wildman–Crippen MR) is 112 cm³/mol. The zero-order valence-corrected chi connectivity index (χ0v) is 17.4. The second-order valence-electron chi connectivity index (χ2n) is 7.50. The molecule has 0 radical (unpaired) electrons. The highest BCUT2D eigenvalue weighted by molar-refractivity contribution is 7.89. The normalized spacial score (nSPS) is 15.3. The molecule has 3 aromatic rings. The van der Waals surface area contributed by atoms with Crippen molar-refractivity contribution in [1.29, 1.82) is 0 Å². The van der Waals surface area contributed by atoms with Gasteiger partial charge in [0.1, 0.15) is 11.4 Å². The van der Waals surface area contributed by atoms with Crippen molar-refractivity contribution in [3.63, 3.8) is 0 Å². The maximum Gasteiger partial charge on any atom is 0.271 e. The van der Waals surface area contributed by atoms with Crippen molar-refractivity contribution in [1.82, 2.24) is 14.9 Å². The summed E-state index contributed by atoms with van der Waals surface area (Å²) >= 11 is 0. The fourth-order valence-corrected chi connectivity index (χ4v) is 5.59. The molecule has 1 aliphatic carbocycles. The maximum atomic E-state index is 13.3. The molecule has 1 saturated carbocycles. The molecule has 0 unspecified atom stereocenters. The first-order chi connectivity index (χ1) is 13.8. The zero-order chi connectivity index (χ0) is 20.8. The average Bonchev–Trinajstić information content (AvgIpc) is 3.29. The third kappa shape index (κ3) is 3.56. The number of aryl methyl sites for hydroxylation is 2. The summed E-state index contributed by atoms with van der Waals surface area (Å²) in [6.45, 7) is 3.57. The molecule has 3 N–H and O–H groups in total. The van der Waals surface area contributed by atoms with Crippen LogP contribution in [-0.4, -0.2) is 31.6 Å². The molecule has 8 nitrogen and oxygen atoms in total. The van der Waals surface area contributed by atoms with Gasteiger partial charge in [-0.2, -0.15) is 0 Å². The Bertz CT molecular complexity index is 1220. The molecule has 1 aliphatic rings. The lowest BCUT2D eigenvalue weighted by molar-refractivity contribution is 0.393. The van der Waals surface area contributed by atoms with Gasteiger partial charge in [-0.05, 0) is 50.5 Å². The molecule has 0 saturated heterocycles. The van der Waals surface area contributed by atoms with Gasteiger partial charge in [0, 0.05) is 24.0 Å². The van der Waals surface area contributed by atoms with Gasteiger partial charge in [-0.3, -0.25) is 4.79 Å². The van der Waals surface area contributed by atoms with E-state index in [0.29, 0.717) is 33.6 Å². The number of aromatic nitrogens is 2. The minimum absolute atomic E-state index is 0.0655. The lowest BCUT2D eigenvalue weighted by Crippen LogP contribution is -2.32. The molecule has 2 aromatic heterocycles.